The molecule has 0 aliphatic carbocycles. The third-order valence-corrected chi connectivity index (χ3v) is 5.45. The topological polar surface area (TPSA) is 62.8 Å². The fourth-order valence-electron chi connectivity index (χ4n) is 3.89. The van der Waals surface area contributed by atoms with E-state index < -0.39 is 0 Å². The van der Waals surface area contributed by atoms with Crippen molar-refractivity contribution in [3.8, 4) is 17.2 Å². The van der Waals surface area contributed by atoms with Crippen molar-refractivity contribution in [3.63, 3.8) is 0 Å². The van der Waals surface area contributed by atoms with E-state index in [1.54, 1.807) is 13.2 Å². The van der Waals surface area contributed by atoms with E-state index in [2.05, 4.69) is 29.9 Å². The Bertz CT molecular complexity index is 944. The summed E-state index contributed by atoms with van der Waals surface area (Å²) in [6, 6.07) is 23.8. The molecule has 3 aromatic rings. The lowest BCUT2D eigenvalue weighted by Crippen LogP contribution is -2.29. The van der Waals surface area contributed by atoms with E-state index in [0.717, 1.165) is 16.9 Å². The number of benzene rings is 3. The van der Waals surface area contributed by atoms with Gasteiger partial charge < -0.3 is 14.6 Å². The second-order valence-electron chi connectivity index (χ2n) is 7.35. The van der Waals surface area contributed by atoms with Gasteiger partial charge in [-0.3, -0.25) is 5.43 Å². The average molecular weight is 390 g/mol. The predicted molar refractivity (Wildman–Crippen MR) is 113 cm³/mol. The van der Waals surface area contributed by atoms with Crippen LogP contribution in [0.1, 0.15) is 35.6 Å². The van der Waals surface area contributed by atoms with Crippen LogP contribution < -0.4 is 20.3 Å². The number of nitrogens with one attached hydrogen (secondary N) is 2. The maximum Gasteiger partial charge on any atom is 0.124 e. The SMILES string of the molecule is COc1ccc(C2C(C)NNC2c2ccc(OCc3ccccc3)cc2O)cc1. The van der Waals surface area contributed by atoms with E-state index in [1.807, 2.05) is 54.6 Å². The summed E-state index contributed by atoms with van der Waals surface area (Å²) in [6.07, 6.45) is 0. The van der Waals surface area contributed by atoms with Gasteiger partial charge in [-0.15, -0.1) is 0 Å². The lowest BCUT2D eigenvalue weighted by molar-refractivity contribution is 0.304. The summed E-state index contributed by atoms with van der Waals surface area (Å²) >= 11 is 0. The molecular formula is C24H26N2O3. The van der Waals surface area contributed by atoms with E-state index in [9.17, 15) is 5.11 Å². The Morgan fingerprint density at radius 2 is 1.62 bits per heavy atom. The molecule has 29 heavy (non-hydrogen) atoms. The second-order valence-corrected chi connectivity index (χ2v) is 7.35. The number of phenols is 1. The third kappa shape index (κ3) is 4.21. The lowest BCUT2D eigenvalue weighted by atomic mass is 9.84. The Kier molecular flexibility index (Phi) is 5.69. The molecule has 5 heteroatoms. The van der Waals surface area contributed by atoms with Crippen molar-refractivity contribution >= 4 is 0 Å². The zero-order valence-corrected chi connectivity index (χ0v) is 16.6. The van der Waals surface area contributed by atoms with Gasteiger partial charge in [-0.05, 0) is 36.2 Å². The number of rotatable bonds is 6. The first-order valence-electron chi connectivity index (χ1n) is 9.80. The fourth-order valence-corrected chi connectivity index (χ4v) is 3.89. The highest BCUT2D eigenvalue weighted by molar-refractivity contribution is 5.44. The van der Waals surface area contributed by atoms with Crippen molar-refractivity contribution in [2.45, 2.75) is 31.5 Å². The minimum absolute atomic E-state index is 0.0541. The fraction of sp³-hybridized carbons (Fsp3) is 0.250. The van der Waals surface area contributed by atoms with Crippen LogP contribution in [0, 0.1) is 0 Å². The predicted octanol–water partition coefficient (Wildman–Crippen LogP) is 4.30. The van der Waals surface area contributed by atoms with Crippen LogP contribution in [0.25, 0.3) is 0 Å². The highest BCUT2D eigenvalue weighted by Gasteiger charge is 2.36. The van der Waals surface area contributed by atoms with Gasteiger partial charge in [0.25, 0.3) is 0 Å². The molecule has 1 aliphatic heterocycles. The molecule has 1 saturated heterocycles. The molecule has 1 fully saturated rings. The normalized spacial score (nSPS) is 21.1. The van der Waals surface area contributed by atoms with Crippen LogP contribution in [0.3, 0.4) is 0 Å². The molecule has 3 atom stereocenters. The minimum Gasteiger partial charge on any atom is -0.507 e. The quantitative estimate of drug-likeness (QED) is 0.586. The Hall–Kier alpha value is -3.02. The molecule has 0 amide bonds. The first-order valence-corrected chi connectivity index (χ1v) is 9.80. The summed E-state index contributed by atoms with van der Waals surface area (Å²) in [5.74, 6) is 1.88. The van der Waals surface area contributed by atoms with Gasteiger partial charge in [0, 0.05) is 23.6 Å². The summed E-state index contributed by atoms with van der Waals surface area (Å²) in [5, 5.41) is 10.7. The molecule has 0 radical (unpaired) electrons. The number of hydrogen-bond donors (Lipinski definition) is 3. The number of hydrogen-bond acceptors (Lipinski definition) is 5. The van der Waals surface area contributed by atoms with Crippen LogP contribution >= 0.6 is 0 Å². The molecule has 4 rings (SSSR count). The lowest BCUT2D eigenvalue weighted by Gasteiger charge is -2.23. The molecule has 1 heterocycles. The maximum atomic E-state index is 10.7. The van der Waals surface area contributed by atoms with Crippen molar-refractivity contribution in [3.05, 3.63) is 89.5 Å². The molecule has 0 bridgehead atoms. The number of hydrazine groups is 1. The Balaban J connectivity index is 1.53. The van der Waals surface area contributed by atoms with Gasteiger partial charge in [0.05, 0.1) is 13.2 Å². The van der Waals surface area contributed by atoms with Crippen molar-refractivity contribution in [2.75, 3.05) is 7.11 Å². The van der Waals surface area contributed by atoms with Crippen LogP contribution in [0.5, 0.6) is 17.2 Å². The summed E-state index contributed by atoms with van der Waals surface area (Å²) in [6.45, 7) is 2.60. The van der Waals surface area contributed by atoms with Crippen LogP contribution in [0.2, 0.25) is 0 Å². The van der Waals surface area contributed by atoms with E-state index in [-0.39, 0.29) is 23.8 Å². The van der Waals surface area contributed by atoms with Gasteiger partial charge in [-0.25, -0.2) is 5.43 Å². The first-order chi connectivity index (χ1) is 14.2. The molecular weight excluding hydrogens is 364 g/mol. The monoisotopic (exact) mass is 390 g/mol. The van der Waals surface area contributed by atoms with E-state index in [4.69, 9.17) is 9.47 Å². The number of ether oxygens (including phenoxy) is 2. The Labute approximate surface area is 171 Å². The Morgan fingerprint density at radius 3 is 2.31 bits per heavy atom. The van der Waals surface area contributed by atoms with Crippen molar-refractivity contribution in [1.82, 2.24) is 10.9 Å². The van der Waals surface area contributed by atoms with Crippen molar-refractivity contribution in [2.24, 2.45) is 0 Å². The number of aromatic hydroxyl groups is 1. The smallest absolute Gasteiger partial charge is 0.124 e. The zero-order chi connectivity index (χ0) is 20.2. The van der Waals surface area contributed by atoms with E-state index in [0.29, 0.717) is 12.4 Å². The van der Waals surface area contributed by atoms with Crippen LogP contribution in [0.15, 0.2) is 72.8 Å². The second kappa shape index (κ2) is 8.55. The van der Waals surface area contributed by atoms with Gasteiger partial charge >= 0.3 is 0 Å². The molecule has 5 nitrogen and oxygen atoms in total. The van der Waals surface area contributed by atoms with Crippen LogP contribution in [-0.2, 0) is 6.61 Å². The summed E-state index contributed by atoms with van der Waals surface area (Å²) in [4.78, 5) is 0. The molecule has 3 unspecified atom stereocenters. The number of methoxy groups -OCH3 is 1. The van der Waals surface area contributed by atoms with E-state index in [1.165, 1.54) is 5.56 Å². The zero-order valence-electron chi connectivity index (χ0n) is 16.6. The molecule has 3 N–H and O–H groups in total. The largest absolute Gasteiger partial charge is 0.507 e. The number of phenolic OH excluding ortho intramolecular Hbond substituents is 1. The van der Waals surface area contributed by atoms with Crippen LogP contribution in [-0.4, -0.2) is 18.3 Å². The minimum atomic E-state index is -0.0541. The standard InChI is InChI=1S/C24H26N2O3/c1-16-23(18-8-10-19(28-2)11-9-18)24(26-25-16)21-13-12-20(14-22(21)27)29-15-17-6-4-3-5-7-17/h3-14,16,23-27H,15H2,1-2H3. The summed E-state index contributed by atoms with van der Waals surface area (Å²) in [5.41, 5.74) is 9.76. The average Bonchev–Trinajstić information content (AvgIpc) is 3.14. The molecule has 150 valence electrons. The third-order valence-electron chi connectivity index (χ3n) is 5.45. The Morgan fingerprint density at radius 1 is 0.897 bits per heavy atom. The van der Waals surface area contributed by atoms with Crippen molar-refractivity contribution < 1.29 is 14.6 Å². The first kappa shape index (κ1) is 19.3. The molecule has 1 aliphatic rings. The highest BCUT2D eigenvalue weighted by Crippen LogP contribution is 2.41. The van der Waals surface area contributed by atoms with Gasteiger partial charge in [-0.2, -0.15) is 0 Å². The molecule has 0 aromatic heterocycles. The highest BCUT2D eigenvalue weighted by atomic mass is 16.5. The maximum absolute atomic E-state index is 10.7. The van der Waals surface area contributed by atoms with Gasteiger partial charge in [0.15, 0.2) is 0 Å². The summed E-state index contributed by atoms with van der Waals surface area (Å²) in [7, 11) is 1.67. The van der Waals surface area contributed by atoms with E-state index >= 15 is 0 Å². The van der Waals surface area contributed by atoms with Gasteiger partial charge in [0.1, 0.15) is 23.9 Å². The summed E-state index contributed by atoms with van der Waals surface area (Å²) < 4.78 is 11.1. The van der Waals surface area contributed by atoms with Gasteiger partial charge in [0.2, 0.25) is 0 Å². The van der Waals surface area contributed by atoms with Gasteiger partial charge in [-0.1, -0.05) is 48.5 Å². The molecule has 0 saturated carbocycles. The van der Waals surface area contributed by atoms with Crippen LogP contribution in [0.4, 0.5) is 0 Å². The molecule has 0 spiro atoms. The molecule has 3 aromatic carbocycles. The van der Waals surface area contributed by atoms with Crippen molar-refractivity contribution in [1.29, 1.82) is 0 Å².